The number of ether oxygens (including phenoxy) is 1. The molecule has 0 aliphatic heterocycles. The van der Waals surface area contributed by atoms with Gasteiger partial charge in [-0.2, -0.15) is 0 Å². The monoisotopic (exact) mass is 741 g/mol. The molecule has 0 saturated heterocycles. The van der Waals surface area contributed by atoms with Crippen molar-refractivity contribution < 1.29 is 24.2 Å². The van der Waals surface area contributed by atoms with E-state index < -0.39 is 12.0 Å². The van der Waals surface area contributed by atoms with Gasteiger partial charge >= 0.3 is 11.9 Å². The summed E-state index contributed by atoms with van der Waals surface area (Å²) in [5.41, 5.74) is 5.48. The number of rotatable bonds is 38. The van der Waals surface area contributed by atoms with E-state index in [0.29, 0.717) is 38.6 Å². The maximum Gasteiger partial charge on any atom is 0.326 e. The average molecular weight is 741 g/mol. The molecule has 0 aliphatic rings. The van der Waals surface area contributed by atoms with Gasteiger partial charge in [0.15, 0.2) is 0 Å². The van der Waals surface area contributed by atoms with E-state index in [1.807, 2.05) is 6.08 Å². The summed E-state index contributed by atoms with van der Waals surface area (Å²) in [6.07, 6.45) is 50.0. The van der Waals surface area contributed by atoms with Crippen LogP contribution in [0.15, 0.2) is 60.8 Å². The number of amides is 1. The number of esters is 1. The van der Waals surface area contributed by atoms with Gasteiger partial charge in [0.1, 0.15) is 12.1 Å². The number of nitrogens with two attached hydrogens (primary N) is 1. The molecule has 0 rings (SSSR count). The number of carboxylic acid groups (broad SMARTS) is 1. The first-order chi connectivity index (χ1) is 25.9. The van der Waals surface area contributed by atoms with Gasteiger partial charge in [-0.3, -0.25) is 9.59 Å². The lowest BCUT2D eigenvalue weighted by Gasteiger charge is -2.15. The molecule has 0 aromatic heterocycles. The second-order valence-electron chi connectivity index (χ2n) is 14.4. The van der Waals surface area contributed by atoms with Crippen LogP contribution in [0.2, 0.25) is 0 Å². The van der Waals surface area contributed by atoms with Crippen molar-refractivity contribution >= 4 is 17.8 Å². The molecule has 0 fully saturated rings. The molecule has 0 radical (unpaired) electrons. The van der Waals surface area contributed by atoms with Gasteiger partial charge in [-0.1, -0.05) is 146 Å². The predicted octanol–water partition coefficient (Wildman–Crippen LogP) is 12.2. The SMILES string of the molecule is CCCC/C=C\C/C=C\C(CCCCCCC(=O)NC(CCCN)C(=O)O)OC(=O)CCCCCCCC/C=C\C/C=C\C/C=C\CCCCCCC. The van der Waals surface area contributed by atoms with E-state index in [1.165, 1.54) is 70.6 Å². The zero-order valence-corrected chi connectivity index (χ0v) is 34.1. The third-order valence-electron chi connectivity index (χ3n) is 9.29. The Morgan fingerprint density at radius 1 is 0.566 bits per heavy atom. The summed E-state index contributed by atoms with van der Waals surface area (Å²) < 4.78 is 5.89. The Morgan fingerprint density at radius 3 is 1.64 bits per heavy atom. The molecule has 0 aliphatic carbocycles. The zero-order valence-electron chi connectivity index (χ0n) is 34.1. The Balaban J connectivity index is 4.21. The molecule has 2 unspecified atom stereocenters. The fourth-order valence-corrected chi connectivity index (χ4v) is 5.98. The Labute approximate surface area is 325 Å². The summed E-state index contributed by atoms with van der Waals surface area (Å²) in [5, 5.41) is 11.9. The Hall–Kier alpha value is -2.93. The number of hydrogen-bond acceptors (Lipinski definition) is 5. The fraction of sp³-hybridized carbons (Fsp3) is 0.717. The fourth-order valence-electron chi connectivity index (χ4n) is 5.98. The van der Waals surface area contributed by atoms with Gasteiger partial charge in [0.25, 0.3) is 0 Å². The molecule has 0 aromatic rings. The molecule has 2 atom stereocenters. The molecule has 0 heterocycles. The van der Waals surface area contributed by atoms with E-state index in [-0.39, 0.29) is 18.0 Å². The van der Waals surface area contributed by atoms with Crippen LogP contribution in [0.25, 0.3) is 0 Å². The lowest BCUT2D eigenvalue weighted by Crippen LogP contribution is -2.40. The van der Waals surface area contributed by atoms with E-state index in [2.05, 4.69) is 73.8 Å². The number of carboxylic acids is 1. The van der Waals surface area contributed by atoms with Crippen LogP contribution >= 0.6 is 0 Å². The lowest BCUT2D eigenvalue weighted by molar-refractivity contribution is -0.147. The molecule has 0 saturated carbocycles. The van der Waals surface area contributed by atoms with Crippen LogP contribution in [0.4, 0.5) is 0 Å². The number of nitrogens with one attached hydrogen (secondary N) is 1. The van der Waals surface area contributed by atoms with E-state index in [4.69, 9.17) is 10.5 Å². The molecule has 0 aromatic carbocycles. The van der Waals surface area contributed by atoms with Crippen molar-refractivity contribution in [1.82, 2.24) is 5.32 Å². The molecular weight excluding hydrogens is 661 g/mol. The molecule has 7 nitrogen and oxygen atoms in total. The minimum absolute atomic E-state index is 0.120. The maximum absolute atomic E-state index is 12.7. The number of carbonyl (C=O) groups excluding carboxylic acids is 2. The molecule has 7 heteroatoms. The summed E-state index contributed by atoms with van der Waals surface area (Å²) in [7, 11) is 0. The van der Waals surface area contributed by atoms with Gasteiger partial charge in [-0.15, -0.1) is 0 Å². The van der Waals surface area contributed by atoms with Crippen molar-refractivity contribution in [2.75, 3.05) is 6.54 Å². The average Bonchev–Trinajstić information content (AvgIpc) is 3.14. The van der Waals surface area contributed by atoms with Crippen LogP contribution in [0.1, 0.15) is 194 Å². The molecule has 304 valence electrons. The van der Waals surface area contributed by atoms with Crippen LogP contribution in [0.3, 0.4) is 0 Å². The predicted molar refractivity (Wildman–Crippen MR) is 225 cm³/mol. The number of hydrogen-bond donors (Lipinski definition) is 3. The quantitative estimate of drug-likeness (QED) is 0.0329. The molecule has 1 amide bonds. The molecule has 53 heavy (non-hydrogen) atoms. The third-order valence-corrected chi connectivity index (χ3v) is 9.29. The standard InChI is InChI=1S/C46H80N2O5/c1-3-5-7-9-11-12-13-14-15-16-17-18-19-20-21-22-23-24-26-28-34-40-45(50)53-42(36-31-27-25-10-8-6-4-2)37-32-29-30-33-39-44(49)48-43(46(51)52)38-35-41-47/h10,13-14,16-17,19-20,25,31,36,42-43H,3-9,11-12,15,18,21-24,26-30,32-35,37-41,47H2,1-2H3,(H,48,49)(H,51,52)/b14-13-,17-16-,20-19-,25-10-,36-31-. The second-order valence-corrected chi connectivity index (χ2v) is 14.4. The first kappa shape index (κ1) is 50.1. The van der Waals surface area contributed by atoms with Gasteiger partial charge in [0.2, 0.25) is 5.91 Å². The van der Waals surface area contributed by atoms with Crippen molar-refractivity contribution in [2.24, 2.45) is 5.73 Å². The van der Waals surface area contributed by atoms with Gasteiger partial charge in [0.05, 0.1) is 0 Å². The second kappa shape index (κ2) is 40.3. The first-order valence-corrected chi connectivity index (χ1v) is 21.6. The minimum atomic E-state index is -1.02. The number of aliphatic carboxylic acids is 1. The van der Waals surface area contributed by atoms with E-state index >= 15 is 0 Å². The van der Waals surface area contributed by atoms with Crippen LogP contribution in [0.5, 0.6) is 0 Å². The van der Waals surface area contributed by atoms with Gasteiger partial charge < -0.3 is 20.9 Å². The molecule has 4 N–H and O–H groups in total. The summed E-state index contributed by atoms with van der Waals surface area (Å²) in [5.74, 6) is -1.37. The number of carbonyl (C=O) groups is 3. The largest absolute Gasteiger partial charge is 0.480 e. The Kier molecular flexibility index (Phi) is 38.0. The Bertz CT molecular complexity index is 1020. The van der Waals surface area contributed by atoms with Crippen molar-refractivity contribution in [1.29, 1.82) is 0 Å². The smallest absolute Gasteiger partial charge is 0.326 e. The van der Waals surface area contributed by atoms with Crippen LogP contribution in [-0.2, 0) is 19.1 Å². The van der Waals surface area contributed by atoms with Crippen LogP contribution in [-0.4, -0.2) is 41.6 Å². The molecule has 0 bridgehead atoms. The summed E-state index contributed by atoms with van der Waals surface area (Å²) in [6, 6.07) is -0.877. The third kappa shape index (κ3) is 37.2. The lowest BCUT2D eigenvalue weighted by atomic mass is 10.1. The Morgan fingerprint density at radius 2 is 1.06 bits per heavy atom. The number of allylic oxidation sites excluding steroid dienone is 9. The summed E-state index contributed by atoms with van der Waals surface area (Å²) >= 11 is 0. The maximum atomic E-state index is 12.7. The van der Waals surface area contributed by atoms with Gasteiger partial charge in [0, 0.05) is 12.8 Å². The highest BCUT2D eigenvalue weighted by molar-refractivity contribution is 5.83. The van der Waals surface area contributed by atoms with Gasteiger partial charge in [-0.05, 0) is 103 Å². The minimum Gasteiger partial charge on any atom is -0.480 e. The van der Waals surface area contributed by atoms with Crippen molar-refractivity contribution in [2.45, 2.75) is 206 Å². The summed E-state index contributed by atoms with van der Waals surface area (Å²) in [4.78, 5) is 36.3. The van der Waals surface area contributed by atoms with Crippen molar-refractivity contribution in [3.8, 4) is 0 Å². The zero-order chi connectivity index (χ0) is 38.9. The van der Waals surface area contributed by atoms with E-state index in [0.717, 1.165) is 77.0 Å². The van der Waals surface area contributed by atoms with Crippen molar-refractivity contribution in [3.63, 3.8) is 0 Å². The van der Waals surface area contributed by atoms with Crippen LogP contribution in [0, 0.1) is 0 Å². The normalized spacial score (nSPS) is 13.3. The van der Waals surface area contributed by atoms with E-state index in [1.54, 1.807) is 0 Å². The van der Waals surface area contributed by atoms with Gasteiger partial charge in [-0.25, -0.2) is 4.79 Å². The van der Waals surface area contributed by atoms with E-state index in [9.17, 15) is 19.5 Å². The topological polar surface area (TPSA) is 119 Å². The summed E-state index contributed by atoms with van der Waals surface area (Å²) in [6.45, 7) is 4.85. The van der Waals surface area contributed by atoms with Crippen LogP contribution < -0.4 is 11.1 Å². The highest BCUT2D eigenvalue weighted by Crippen LogP contribution is 2.15. The molecular formula is C46H80N2O5. The first-order valence-electron chi connectivity index (χ1n) is 21.6. The highest BCUT2D eigenvalue weighted by Gasteiger charge is 2.19. The highest BCUT2D eigenvalue weighted by atomic mass is 16.5. The molecule has 0 spiro atoms. The number of unbranched alkanes of at least 4 members (excludes halogenated alkanes) is 16. The van der Waals surface area contributed by atoms with Crippen molar-refractivity contribution in [3.05, 3.63) is 60.8 Å².